The van der Waals surface area contributed by atoms with Crippen LogP contribution in [-0.2, 0) is 0 Å². The minimum atomic E-state index is -0.530. The molecular formula is C11H12O3. The standard InChI is InChI=1S/C11H12O3/c1-14-7-2-3-8-9(6-7)11(13)5-4-10(8)12/h2-3,6,11,13H,4-5H2,1H3. The van der Waals surface area contributed by atoms with E-state index < -0.39 is 6.10 Å². The Hall–Kier alpha value is -1.35. The quantitative estimate of drug-likeness (QED) is 0.736. The van der Waals surface area contributed by atoms with Crippen molar-refractivity contribution in [3.63, 3.8) is 0 Å². The van der Waals surface area contributed by atoms with Crippen LogP contribution >= 0.6 is 0 Å². The second kappa shape index (κ2) is 3.42. The number of benzene rings is 1. The van der Waals surface area contributed by atoms with Gasteiger partial charge in [0.2, 0.25) is 0 Å². The van der Waals surface area contributed by atoms with E-state index >= 15 is 0 Å². The number of fused-ring (bicyclic) bond motifs is 1. The smallest absolute Gasteiger partial charge is 0.163 e. The van der Waals surface area contributed by atoms with Crippen molar-refractivity contribution in [1.29, 1.82) is 0 Å². The van der Waals surface area contributed by atoms with E-state index in [-0.39, 0.29) is 5.78 Å². The van der Waals surface area contributed by atoms with Crippen LogP contribution in [0.3, 0.4) is 0 Å². The SMILES string of the molecule is COc1ccc2c(c1)C(O)CCC2=O. The van der Waals surface area contributed by atoms with Crippen molar-refractivity contribution in [3.05, 3.63) is 29.3 Å². The fourth-order valence-electron chi connectivity index (χ4n) is 1.76. The summed E-state index contributed by atoms with van der Waals surface area (Å²) in [6, 6.07) is 5.20. The zero-order chi connectivity index (χ0) is 10.1. The van der Waals surface area contributed by atoms with Gasteiger partial charge < -0.3 is 9.84 Å². The highest BCUT2D eigenvalue weighted by Gasteiger charge is 2.24. The van der Waals surface area contributed by atoms with Crippen LogP contribution in [0.5, 0.6) is 5.75 Å². The number of carbonyl (C=O) groups is 1. The van der Waals surface area contributed by atoms with Gasteiger partial charge in [-0.25, -0.2) is 0 Å². The van der Waals surface area contributed by atoms with Gasteiger partial charge in [-0.1, -0.05) is 0 Å². The number of methoxy groups -OCH3 is 1. The zero-order valence-corrected chi connectivity index (χ0v) is 7.99. The molecule has 3 heteroatoms. The lowest BCUT2D eigenvalue weighted by molar-refractivity contribution is 0.0896. The molecular weight excluding hydrogens is 180 g/mol. The molecule has 0 heterocycles. The van der Waals surface area contributed by atoms with E-state index in [0.29, 0.717) is 29.7 Å². The van der Waals surface area contributed by atoms with Crippen LogP contribution in [0.4, 0.5) is 0 Å². The van der Waals surface area contributed by atoms with Crippen LogP contribution in [-0.4, -0.2) is 18.0 Å². The second-order valence-electron chi connectivity index (χ2n) is 3.43. The van der Waals surface area contributed by atoms with Gasteiger partial charge in [0.25, 0.3) is 0 Å². The summed E-state index contributed by atoms with van der Waals surface area (Å²) in [5.74, 6) is 0.783. The summed E-state index contributed by atoms with van der Waals surface area (Å²) >= 11 is 0. The average molecular weight is 192 g/mol. The molecule has 74 valence electrons. The molecule has 3 nitrogen and oxygen atoms in total. The number of Topliss-reactive ketones (excluding diaryl/α,β-unsaturated/α-hetero) is 1. The number of ether oxygens (including phenoxy) is 1. The van der Waals surface area contributed by atoms with Crippen LogP contribution in [0.1, 0.15) is 34.9 Å². The number of aliphatic hydroxyl groups excluding tert-OH is 1. The largest absolute Gasteiger partial charge is 0.497 e. The summed E-state index contributed by atoms with van der Waals surface area (Å²) in [5, 5.41) is 9.69. The Morgan fingerprint density at radius 2 is 2.29 bits per heavy atom. The van der Waals surface area contributed by atoms with E-state index in [2.05, 4.69) is 0 Å². The summed E-state index contributed by atoms with van der Waals surface area (Å²) in [5.41, 5.74) is 1.32. The number of ketones is 1. The minimum Gasteiger partial charge on any atom is -0.497 e. The molecule has 0 amide bonds. The predicted octanol–water partition coefficient (Wildman–Crippen LogP) is 1.71. The maximum Gasteiger partial charge on any atom is 0.163 e. The third kappa shape index (κ3) is 1.40. The third-order valence-corrected chi connectivity index (χ3v) is 2.56. The van der Waals surface area contributed by atoms with Gasteiger partial charge in [-0.05, 0) is 30.2 Å². The van der Waals surface area contributed by atoms with E-state index in [1.54, 1.807) is 25.3 Å². The summed E-state index contributed by atoms with van der Waals surface area (Å²) < 4.78 is 5.04. The lowest BCUT2D eigenvalue weighted by Crippen LogP contribution is -2.15. The molecule has 0 saturated carbocycles. The van der Waals surface area contributed by atoms with E-state index in [1.165, 1.54) is 0 Å². The lowest BCUT2D eigenvalue weighted by atomic mass is 9.88. The second-order valence-corrected chi connectivity index (χ2v) is 3.43. The van der Waals surface area contributed by atoms with Crippen LogP contribution in [0.2, 0.25) is 0 Å². The van der Waals surface area contributed by atoms with Gasteiger partial charge in [0.15, 0.2) is 5.78 Å². The molecule has 0 aromatic heterocycles. The van der Waals surface area contributed by atoms with Gasteiger partial charge in [-0.2, -0.15) is 0 Å². The van der Waals surface area contributed by atoms with Crippen molar-refractivity contribution in [1.82, 2.24) is 0 Å². The normalized spacial score (nSPS) is 20.4. The van der Waals surface area contributed by atoms with E-state index in [0.717, 1.165) is 0 Å². The molecule has 1 aromatic carbocycles. The molecule has 1 atom stereocenters. The first-order chi connectivity index (χ1) is 6.72. The number of aliphatic hydroxyl groups is 1. The van der Waals surface area contributed by atoms with Crippen molar-refractivity contribution in [2.45, 2.75) is 18.9 Å². The first-order valence-electron chi connectivity index (χ1n) is 4.61. The average Bonchev–Trinajstić information content (AvgIpc) is 2.23. The molecule has 0 bridgehead atoms. The van der Waals surface area contributed by atoms with Crippen molar-refractivity contribution < 1.29 is 14.6 Å². The van der Waals surface area contributed by atoms with Gasteiger partial charge in [-0.15, -0.1) is 0 Å². The van der Waals surface area contributed by atoms with E-state index in [1.807, 2.05) is 0 Å². The van der Waals surface area contributed by atoms with Crippen LogP contribution in [0.15, 0.2) is 18.2 Å². The Morgan fingerprint density at radius 1 is 1.50 bits per heavy atom. The maximum absolute atomic E-state index is 11.5. The molecule has 14 heavy (non-hydrogen) atoms. The highest BCUT2D eigenvalue weighted by molar-refractivity contribution is 5.98. The maximum atomic E-state index is 11.5. The number of hydrogen-bond donors (Lipinski definition) is 1. The summed E-state index contributed by atoms with van der Waals surface area (Å²) in [7, 11) is 1.57. The highest BCUT2D eigenvalue weighted by Crippen LogP contribution is 2.31. The third-order valence-electron chi connectivity index (χ3n) is 2.56. The molecule has 1 unspecified atom stereocenters. The van der Waals surface area contributed by atoms with Gasteiger partial charge in [0.1, 0.15) is 5.75 Å². The summed E-state index contributed by atoms with van der Waals surface area (Å²) in [6.07, 6.45) is 0.414. The van der Waals surface area contributed by atoms with Gasteiger partial charge in [-0.3, -0.25) is 4.79 Å². The zero-order valence-electron chi connectivity index (χ0n) is 7.99. The number of hydrogen-bond acceptors (Lipinski definition) is 3. The molecule has 1 N–H and O–H groups in total. The van der Waals surface area contributed by atoms with Crippen LogP contribution in [0.25, 0.3) is 0 Å². The number of carbonyl (C=O) groups excluding carboxylic acids is 1. The fourth-order valence-corrected chi connectivity index (χ4v) is 1.76. The molecule has 1 aliphatic carbocycles. The molecule has 1 aliphatic rings. The highest BCUT2D eigenvalue weighted by atomic mass is 16.5. The Morgan fingerprint density at radius 3 is 3.00 bits per heavy atom. The topological polar surface area (TPSA) is 46.5 Å². The summed E-state index contributed by atoms with van der Waals surface area (Å²) in [4.78, 5) is 11.5. The monoisotopic (exact) mass is 192 g/mol. The minimum absolute atomic E-state index is 0.105. The van der Waals surface area contributed by atoms with Gasteiger partial charge >= 0.3 is 0 Å². The van der Waals surface area contributed by atoms with E-state index in [4.69, 9.17) is 4.74 Å². The summed E-state index contributed by atoms with van der Waals surface area (Å²) in [6.45, 7) is 0. The Balaban J connectivity index is 2.50. The van der Waals surface area contributed by atoms with Gasteiger partial charge in [0.05, 0.1) is 13.2 Å². The van der Waals surface area contributed by atoms with Crippen molar-refractivity contribution in [3.8, 4) is 5.75 Å². The van der Waals surface area contributed by atoms with Crippen molar-refractivity contribution in [2.24, 2.45) is 0 Å². The molecule has 1 aromatic rings. The Kier molecular flexibility index (Phi) is 2.25. The molecule has 0 radical (unpaired) electrons. The molecule has 2 rings (SSSR count). The lowest BCUT2D eigenvalue weighted by Gasteiger charge is -2.20. The van der Waals surface area contributed by atoms with Crippen LogP contribution < -0.4 is 4.74 Å². The Labute approximate surface area is 82.3 Å². The first kappa shape index (κ1) is 9.21. The Bertz CT molecular complexity index is 371. The van der Waals surface area contributed by atoms with Crippen molar-refractivity contribution in [2.75, 3.05) is 7.11 Å². The molecule has 0 saturated heterocycles. The van der Waals surface area contributed by atoms with Crippen molar-refractivity contribution >= 4 is 5.78 Å². The molecule has 0 aliphatic heterocycles. The van der Waals surface area contributed by atoms with Gasteiger partial charge in [0, 0.05) is 12.0 Å². The molecule has 0 spiro atoms. The number of rotatable bonds is 1. The van der Waals surface area contributed by atoms with E-state index in [9.17, 15) is 9.90 Å². The molecule has 0 fully saturated rings. The van der Waals surface area contributed by atoms with Crippen LogP contribution in [0, 0.1) is 0 Å². The predicted molar refractivity (Wildman–Crippen MR) is 51.5 cm³/mol. The first-order valence-corrected chi connectivity index (χ1v) is 4.61. The fraction of sp³-hybridized carbons (Fsp3) is 0.364.